The normalized spacial score (nSPS) is 29.9. The first-order valence-electron chi connectivity index (χ1n) is 19.0. The van der Waals surface area contributed by atoms with E-state index < -0.39 is 34.2 Å². The lowest BCUT2D eigenvalue weighted by molar-refractivity contribution is -0.136. The molecule has 2 fully saturated rings. The molecule has 8 nitrogen and oxygen atoms in total. The summed E-state index contributed by atoms with van der Waals surface area (Å²) >= 11 is 19.3. The number of aliphatic hydroxyl groups is 4. The summed E-state index contributed by atoms with van der Waals surface area (Å²) in [6.45, 7) is -0.351. The molecule has 4 aromatic carbocycles. The predicted octanol–water partition coefficient (Wildman–Crippen LogP) is 9.54. The van der Waals surface area contributed by atoms with E-state index >= 15 is 0 Å². The van der Waals surface area contributed by atoms with E-state index in [0.29, 0.717) is 45.8 Å². The van der Waals surface area contributed by atoms with Crippen molar-refractivity contribution in [2.75, 3.05) is 13.2 Å². The van der Waals surface area contributed by atoms with Crippen molar-refractivity contribution in [1.82, 2.24) is 9.97 Å². The molecule has 6 aromatic rings. The van der Waals surface area contributed by atoms with Crippen LogP contribution in [-0.2, 0) is 22.4 Å². The first-order valence-corrected chi connectivity index (χ1v) is 21.3. The van der Waals surface area contributed by atoms with Crippen LogP contribution in [0.1, 0.15) is 58.3 Å². The molecule has 2 aliphatic heterocycles. The molecular weight excluding hydrogens is 907 g/mol. The van der Waals surface area contributed by atoms with Gasteiger partial charge in [0.2, 0.25) is 0 Å². The van der Waals surface area contributed by atoms with E-state index in [4.69, 9.17) is 32.7 Å². The van der Waals surface area contributed by atoms with Crippen molar-refractivity contribution in [2.24, 2.45) is 11.8 Å². The summed E-state index contributed by atoms with van der Waals surface area (Å²) in [7, 11) is 0. The quantitative estimate of drug-likeness (QED) is 0.130. The number of hydrogen-bond acceptors (Lipinski definition) is 8. The molecular formula is C46H38Br2Cl2N2O6. The smallest absolute Gasteiger partial charge is 0.175 e. The zero-order chi connectivity index (χ0) is 40.5. The number of pyridine rings is 2. The number of benzene rings is 4. The van der Waals surface area contributed by atoms with E-state index in [9.17, 15) is 20.4 Å². The largest absolute Gasteiger partial charge is 0.476 e. The van der Waals surface area contributed by atoms with E-state index in [-0.39, 0.29) is 25.0 Å². The highest BCUT2D eigenvalue weighted by Gasteiger charge is 2.74. The van der Waals surface area contributed by atoms with Crippen molar-refractivity contribution in [3.63, 3.8) is 0 Å². The van der Waals surface area contributed by atoms with Gasteiger partial charge in [-0.15, -0.1) is 0 Å². The third kappa shape index (κ3) is 5.74. The molecule has 10 rings (SSSR count). The van der Waals surface area contributed by atoms with Gasteiger partial charge >= 0.3 is 0 Å². The Hall–Kier alpha value is -3.84. The lowest BCUT2D eigenvalue weighted by atomic mass is 9.71. The number of aliphatic hydroxyl groups excluding tert-OH is 2. The Balaban J connectivity index is 0.000000150. The first-order chi connectivity index (χ1) is 28.0. The number of nitrogens with zero attached hydrogens (tertiary/aromatic N) is 2. The number of fused-ring (bicyclic) bond motifs is 6. The Morgan fingerprint density at radius 1 is 0.569 bits per heavy atom. The molecule has 58 heavy (non-hydrogen) atoms. The average molecular weight is 946 g/mol. The average Bonchev–Trinajstić information content (AvgIpc) is 3.84. The molecule has 2 aliphatic carbocycles. The summed E-state index contributed by atoms with van der Waals surface area (Å²) in [6.07, 6.45) is 4.17. The Morgan fingerprint density at radius 2 is 0.931 bits per heavy atom. The second-order valence-corrected chi connectivity index (χ2v) is 18.1. The van der Waals surface area contributed by atoms with Crippen molar-refractivity contribution in [3.05, 3.63) is 186 Å². The van der Waals surface area contributed by atoms with Gasteiger partial charge in [-0.05, 0) is 59.4 Å². The van der Waals surface area contributed by atoms with Crippen molar-refractivity contribution >= 4 is 55.1 Å². The van der Waals surface area contributed by atoms with Gasteiger partial charge < -0.3 is 29.9 Å². The Morgan fingerprint density at radius 3 is 1.28 bits per heavy atom. The van der Waals surface area contributed by atoms with Crippen LogP contribution in [0.2, 0.25) is 10.0 Å². The van der Waals surface area contributed by atoms with Gasteiger partial charge in [-0.3, -0.25) is 9.97 Å². The minimum atomic E-state index is -1.49. The molecule has 2 aromatic heterocycles. The van der Waals surface area contributed by atoms with Crippen molar-refractivity contribution in [3.8, 4) is 11.5 Å². The molecule has 0 radical (unpaired) electrons. The molecule has 8 atom stereocenters. The highest BCUT2D eigenvalue weighted by atomic mass is 79.9. The molecule has 0 saturated heterocycles. The van der Waals surface area contributed by atoms with Crippen LogP contribution in [0.4, 0.5) is 0 Å². The van der Waals surface area contributed by atoms with Crippen LogP contribution in [0.15, 0.2) is 143 Å². The summed E-state index contributed by atoms with van der Waals surface area (Å²) in [6, 6.07) is 39.0. The molecule has 2 saturated carbocycles. The lowest BCUT2D eigenvalue weighted by Gasteiger charge is -2.41. The molecule has 0 bridgehead atoms. The lowest BCUT2D eigenvalue weighted by Crippen LogP contribution is -2.51. The van der Waals surface area contributed by atoms with Gasteiger partial charge in [-0.25, -0.2) is 0 Å². The maximum Gasteiger partial charge on any atom is 0.175 e. The van der Waals surface area contributed by atoms with E-state index in [1.54, 1.807) is 12.1 Å². The molecule has 4 aliphatic rings. The third-order valence-electron chi connectivity index (χ3n) is 12.6. The fraction of sp³-hybridized carbons (Fsp3) is 0.261. The van der Waals surface area contributed by atoms with Gasteiger partial charge in [0.15, 0.2) is 22.4 Å². The number of ether oxygens (including phenoxy) is 2. The highest BCUT2D eigenvalue weighted by Crippen LogP contribution is 2.69. The van der Waals surface area contributed by atoms with Crippen molar-refractivity contribution in [1.29, 1.82) is 0 Å². The van der Waals surface area contributed by atoms with Crippen LogP contribution in [0.5, 0.6) is 11.5 Å². The number of aromatic nitrogens is 2. The van der Waals surface area contributed by atoms with E-state index in [0.717, 1.165) is 31.2 Å². The van der Waals surface area contributed by atoms with Gasteiger partial charge in [0, 0.05) is 70.4 Å². The minimum absolute atomic E-state index is 0.175. The van der Waals surface area contributed by atoms with Gasteiger partial charge in [0.25, 0.3) is 0 Å². The van der Waals surface area contributed by atoms with Gasteiger partial charge in [0.05, 0.1) is 10.0 Å². The van der Waals surface area contributed by atoms with Crippen molar-refractivity contribution < 1.29 is 29.9 Å². The van der Waals surface area contributed by atoms with Crippen LogP contribution in [0.25, 0.3) is 0 Å². The van der Waals surface area contributed by atoms with Gasteiger partial charge in [-0.1, -0.05) is 140 Å². The monoisotopic (exact) mass is 942 g/mol. The number of rotatable bonds is 6. The fourth-order valence-electron chi connectivity index (χ4n) is 10.2. The van der Waals surface area contributed by atoms with Crippen LogP contribution in [-0.4, -0.2) is 43.6 Å². The van der Waals surface area contributed by atoms with E-state index in [2.05, 4.69) is 41.8 Å². The molecule has 0 unspecified atom stereocenters. The van der Waals surface area contributed by atoms with E-state index in [1.165, 1.54) is 12.4 Å². The maximum absolute atomic E-state index is 12.2. The number of hydrogen-bond donors (Lipinski definition) is 4. The van der Waals surface area contributed by atoms with Crippen LogP contribution in [0.3, 0.4) is 0 Å². The van der Waals surface area contributed by atoms with Crippen LogP contribution in [0, 0.1) is 11.8 Å². The van der Waals surface area contributed by atoms with Gasteiger partial charge in [-0.2, -0.15) is 0 Å². The summed E-state index contributed by atoms with van der Waals surface area (Å²) in [5.41, 5.74) is -0.599. The Kier molecular flexibility index (Phi) is 10.3. The Labute approximate surface area is 362 Å². The molecule has 0 amide bonds. The molecule has 4 heterocycles. The minimum Gasteiger partial charge on any atom is -0.476 e. The summed E-state index contributed by atoms with van der Waals surface area (Å²) in [4.78, 5) is 8.92. The fourth-order valence-corrected chi connectivity index (χ4v) is 11.0. The topological polar surface area (TPSA) is 125 Å². The summed E-state index contributed by atoms with van der Waals surface area (Å²) in [5, 5.41) is 45.9. The van der Waals surface area contributed by atoms with Crippen LogP contribution < -0.4 is 9.47 Å². The second kappa shape index (κ2) is 15.0. The molecule has 12 heteroatoms. The Bertz CT molecular complexity index is 2300. The summed E-state index contributed by atoms with van der Waals surface area (Å²) in [5.74, 6) is -0.318. The van der Waals surface area contributed by atoms with Gasteiger partial charge in [0.1, 0.15) is 22.9 Å². The zero-order valence-corrected chi connectivity index (χ0v) is 35.5. The molecule has 296 valence electrons. The number of halogens is 4. The second-order valence-electron chi connectivity index (χ2n) is 15.4. The summed E-state index contributed by atoms with van der Waals surface area (Å²) < 4.78 is 15.1. The maximum atomic E-state index is 12.2. The first kappa shape index (κ1) is 39.6. The third-order valence-corrected chi connectivity index (χ3v) is 14.1. The standard InChI is InChI=1S/2C23H19BrClNO3/c2*24-17-8-6-15(7-9-17)23-19(14-4-2-1-3-5-14)10-16(13-27)22(23,28)21-20(29-23)11-18(25)12-26-21/h2*1-9,11-12,16,19,27-28H,10,13H2/t16-,19+,22-,23+;16-,19-,22+,23-/m10/s1. The SMILES string of the molecule is OC[C@@H]1C[C@@H](c2ccccc2)[C@]2(c3ccc(Br)cc3)Oc3cc(Cl)cnc3[C@]12O.OC[C@H]1C[C@@H](c2ccccc2)[C@]2(c3ccc(Br)cc3)Oc3cc(Cl)cnc3[C@]12O. The highest BCUT2D eigenvalue weighted by molar-refractivity contribution is 9.10. The van der Waals surface area contributed by atoms with E-state index in [1.807, 2.05) is 109 Å². The van der Waals surface area contributed by atoms with Crippen molar-refractivity contribution in [2.45, 2.75) is 47.1 Å². The zero-order valence-electron chi connectivity index (χ0n) is 30.9. The predicted molar refractivity (Wildman–Crippen MR) is 228 cm³/mol. The van der Waals surface area contributed by atoms with Crippen LogP contribution >= 0.6 is 55.1 Å². The molecule has 4 N–H and O–H groups in total. The molecule has 0 spiro atoms.